The Morgan fingerprint density at radius 1 is 1.18 bits per heavy atom. The maximum Gasteiger partial charge on any atom is 0.279 e. The Kier molecular flexibility index (Phi) is 6.05. The Bertz CT molecular complexity index is 553. The van der Waals surface area contributed by atoms with Gasteiger partial charge in [-0.15, -0.1) is 0 Å². The number of hydrogen-bond acceptors (Lipinski definition) is 2. The summed E-state index contributed by atoms with van der Waals surface area (Å²) < 4.78 is 13.4. The molecule has 0 heterocycles. The second-order valence-corrected chi connectivity index (χ2v) is 6.62. The summed E-state index contributed by atoms with van der Waals surface area (Å²) in [6.07, 6.45) is 0. The van der Waals surface area contributed by atoms with Crippen molar-refractivity contribution in [1.29, 1.82) is 0 Å². The number of carbonyl (C=O) groups is 2. The van der Waals surface area contributed by atoms with Crippen LogP contribution in [0.25, 0.3) is 0 Å². The quantitative estimate of drug-likeness (QED) is 0.742. The highest BCUT2D eigenvalue weighted by Gasteiger charge is 2.18. The third kappa shape index (κ3) is 6.67. The zero-order chi connectivity index (χ0) is 16.9. The van der Waals surface area contributed by atoms with Gasteiger partial charge in [0.05, 0.1) is 7.05 Å². The number of carbonyl (C=O) groups excluding carboxylic acids is 2. The molecule has 0 saturated carbocycles. The van der Waals surface area contributed by atoms with E-state index in [0.717, 1.165) is 4.90 Å². The van der Waals surface area contributed by atoms with Crippen molar-refractivity contribution in [3.8, 4) is 0 Å². The Hall–Kier alpha value is -1.95. The molecular formula is C16H25FN3O2+. The van der Waals surface area contributed by atoms with Gasteiger partial charge in [-0.05, 0) is 45.4 Å². The average Bonchev–Trinajstić information content (AvgIpc) is 2.30. The van der Waals surface area contributed by atoms with Crippen LogP contribution in [0.2, 0.25) is 0 Å². The highest BCUT2D eigenvalue weighted by Crippen LogP contribution is 2.13. The Labute approximate surface area is 130 Å². The summed E-state index contributed by atoms with van der Waals surface area (Å²) in [5.74, 6) is -0.730. The van der Waals surface area contributed by atoms with Gasteiger partial charge in [0.1, 0.15) is 5.82 Å². The summed E-state index contributed by atoms with van der Waals surface area (Å²) in [5, 5.41) is 5.48. The Morgan fingerprint density at radius 3 is 2.32 bits per heavy atom. The number of rotatable bonds is 5. The van der Waals surface area contributed by atoms with Crippen LogP contribution in [0, 0.1) is 12.7 Å². The third-order valence-electron chi connectivity index (χ3n) is 2.89. The molecule has 1 unspecified atom stereocenters. The van der Waals surface area contributed by atoms with Gasteiger partial charge in [-0.25, -0.2) is 4.39 Å². The summed E-state index contributed by atoms with van der Waals surface area (Å²) in [6, 6.07) is 4.55. The average molecular weight is 310 g/mol. The fraction of sp³-hybridized carbons (Fsp3) is 0.500. The van der Waals surface area contributed by atoms with Gasteiger partial charge in [-0.3, -0.25) is 9.59 Å². The first-order valence-corrected chi connectivity index (χ1v) is 7.25. The first-order chi connectivity index (χ1) is 10.1. The standard InChI is InChI=1S/C16H24FN3O2/c1-11-6-7-12(8-13(11)17)18-14(21)9-20(5)10-15(22)19-16(2,3)4/h6-8H,9-10H2,1-5H3,(H,18,21)(H,19,22)/p+1. The summed E-state index contributed by atoms with van der Waals surface area (Å²) in [7, 11) is 1.76. The van der Waals surface area contributed by atoms with E-state index in [1.165, 1.54) is 6.07 Å². The first-order valence-electron chi connectivity index (χ1n) is 7.25. The third-order valence-corrected chi connectivity index (χ3v) is 2.89. The predicted octanol–water partition coefficient (Wildman–Crippen LogP) is 0.502. The van der Waals surface area contributed by atoms with Gasteiger partial charge in [-0.1, -0.05) is 6.07 Å². The monoisotopic (exact) mass is 310 g/mol. The lowest BCUT2D eigenvalue weighted by atomic mass is 10.1. The molecule has 1 aromatic carbocycles. The Balaban J connectivity index is 2.47. The number of hydrogen-bond donors (Lipinski definition) is 3. The van der Waals surface area contributed by atoms with Crippen LogP contribution < -0.4 is 15.5 Å². The normalized spacial score (nSPS) is 12.6. The Morgan fingerprint density at radius 2 is 1.77 bits per heavy atom. The highest BCUT2D eigenvalue weighted by atomic mass is 19.1. The number of quaternary nitrogens is 1. The molecule has 1 aromatic rings. The molecule has 0 bridgehead atoms. The number of aryl methyl sites for hydroxylation is 1. The molecule has 0 fully saturated rings. The molecule has 5 nitrogen and oxygen atoms in total. The SMILES string of the molecule is Cc1ccc(NC(=O)C[NH+](C)CC(=O)NC(C)(C)C)cc1F. The van der Waals surface area contributed by atoms with Crippen LogP contribution in [0.15, 0.2) is 18.2 Å². The molecule has 6 heteroatoms. The van der Waals surface area contributed by atoms with Crippen molar-refractivity contribution in [1.82, 2.24) is 5.32 Å². The number of halogens is 1. The van der Waals surface area contributed by atoms with E-state index in [9.17, 15) is 14.0 Å². The van der Waals surface area contributed by atoms with E-state index in [0.29, 0.717) is 11.3 Å². The van der Waals surface area contributed by atoms with E-state index in [-0.39, 0.29) is 36.3 Å². The van der Waals surface area contributed by atoms with Crippen LogP contribution in [0.3, 0.4) is 0 Å². The number of benzene rings is 1. The first kappa shape index (κ1) is 18.1. The zero-order valence-corrected chi connectivity index (χ0v) is 13.8. The van der Waals surface area contributed by atoms with Crippen LogP contribution in [-0.4, -0.2) is 37.5 Å². The molecule has 3 N–H and O–H groups in total. The van der Waals surface area contributed by atoms with Crippen LogP contribution >= 0.6 is 0 Å². The van der Waals surface area contributed by atoms with Crippen molar-refractivity contribution >= 4 is 17.5 Å². The fourth-order valence-electron chi connectivity index (χ4n) is 1.95. The van der Waals surface area contributed by atoms with Crippen molar-refractivity contribution in [3.63, 3.8) is 0 Å². The summed E-state index contributed by atoms with van der Waals surface area (Å²) in [4.78, 5) is 24.4. The number of nitrogens with one attached hydrogen (secondary N) is 3. The van der Waals surface area contributed by atoms with E-state index in [1.54, 1.807) is 26.1 Å². The number of amides is 2. The van der Waals surface area contributed by atoms with Crippen molar-refractivity contribution in [2.45, 2.75) is 33.2 Å². The van der Waals surface area contributed by atoms with Gasteiger partial charge in [0.25, 0.3) is 11.8 Å². The smallest absolute Gasteiger partial charge is 0.279 e. The summed E-state index contributed by atoms with van der Waals surface area (Å²) in [5.41, 5.74) is 0.651. The topological polar surface area (TPSA) is 62.6 Å². The predicted molar refractivity (Wildman–Crippen MR) is 84.3 cm³/mol. The molecule has 2 amide bonds. The van der Waals surface area contributed by atoms with Gasteiger partial charge in [0.15, 0.2) is 13.1 Å². The molecule has 0 aromatic heterocycles. The van der Waals surface area contributed by atoms with Gasteiger partial charge < -0.3 is 15.5 Å². The molecule has 22 heavy (non-hydrogen) atoms. The molecule has 0 aliphatic heterocycles. The van der Waals surface area contributed by atoms with Crippen LogP contribution in [-0.2, 0) is 9.59 Å². The lowest BCUT2D eigenvalue weighted by Gasteiger charge is -2.21. The number of anilines is 1. The molecule has 1 rings (SSSR count). The minimum atomic E-state index is -0.358. The molecule has 0 spiro atoms. The fourth-order valence-corrected chi connectivity index (χ4v) is 1.95. The minimum absolute atomic E-state index is 0.112. The van der Waals surface area contributed by atoms with E-state index in [1.807, 2.05) is 20.8 Å². The van der Waals surface area contributed by atoms with Crippen molar-refractivity contribution < 1.29 is 18.9 Å². The van der Waals surface area contributed by atoms with Crippen molar-refractivity contribution in [3.05, 3.63) is 29.6 Å². The summed E-state index contributed by atoms with van der Waals surface area (Å²) >= 11 is 0. The lowest BCUT2D eigenvalue weighted by Crippen LogP contribution is -3.11. The molecule has 0 radical (unpaired) electrons. The minimum Gasteiger partial charge on any atom is -0.347 e. The molecular weight excluding hydrogens is 285 g/mol. The number of likely N-dealkylation sites (N-methyl/N-ethyl adjacent to an activating group) is 1. The van der Waals surface area contributed by atoms with Gasteiger partial charge in [0.2, 0.25) is 0 Å². The highest BCUT2D eigenvalue weighted by molar-refractivity contribution is 5.91. The molecule has 0 aliphatic rings. The van der Waals surface area contributed by atoms with Gasteiger partial charge in [0, 0.05) is 11.2 Å². The van der Waals surface area contributed by atoms with E-state index < -0.39 is 0 Å². The molecule has 122 valence electrons. The maximum absolute atomic E-state index is 13.4. The van der Waals surface area contributed by atoms with E-state index in [2.05, 4.69) is 10.6 Å². The van der Waals surface area contributed by atoms with Gasteiger partial charge in [-0.2, -0.15) is 0 Å². The molecule has 0 aliphatic carbocycles. The summed E-state index contributed by atoms with van der Waals surface area (Å²) in [6.45, 7) is 7.70. The second-order valence-electron chi connectivity index (χ2n) is 6.62. The van der Waals surface area contributed by atoms with E-state index >= 15 is 0 Å². The molecule has 1 atom stereocenters. The molecule has 0 saturated heterocycles. The van der Waals surface area contributed by atoms with Crippen LogP contribution in [0.4, 0.5) is 10.1 Å². The van der Waals surface area contributed by atoms with Crippen LogP contribution in [0.5, 0.6) is 0 Å². The maximum atomic E-state index is 13.4. The zero-order valence-electron chi connectivity index (χ0n) is 13.8. The van der Waals surface area contributed by atoms with Gasteiger partial charge >= 0.3 is 0 Å². The van der Waals surface area contributed by atoms with E-state index in [4.69, 9.17) is 0 Å². The van der Waals surface area contributed by atoms with Crippen molar-refractivity contribution in [2.24, 2.45) is 0 Å². The second kappa shape index (κ2) is 7.35. The van der Waals surface area contributed by atoms with Crippen LogP contribution in [0.1, 0.15) is 26.3 Å². The van der Waals surface area contributed by atoms with Crippen molar-refractivity contribution in [2.75, 3.05) is 25.5 Å². The lowest BCUT2D eigenvalue weighted by molar-refractivity contribution is -0.862. The largest absolute Gasteiger partial charge is 0.347 e.